The van der Waals surface area contributed by atoms with E-state index >= 15 is 4.39 Å². The molecule has 0 bridgehead atoms. The topological polar surface area (TPSA) is 9.23 Å². The van der Waals surface area contributed by atoms with Crippen LogP contribution < -0.4 is 4.74 Å². The van der Waals surface area contributed by atoms with Crippen molar-refractivity contribution in [1.82, 2.24) is 0 Å². The molecule has 0 saturated carbocycles. The van der Waals surface area contributed by atoms with E-state index in [9.17, 15) is 22.0 Å². The zero-order valence-electron chi connectivity index (χ0n) is 17.9. The maximum atomic E-state index is 15.3. The van der Waals surface area contributed by atoms with Gasteiger partial charge in [-0.05, 0) is 78.1 Å². The number of ether oxygens (including phenoxy) is 1. The second-order valence-electron chi connectivity index (χ2n) is 8.30. The van der Waals surface area contributed by atoms with Crippen molar-refractivity contribution in [2.75, 3.05) is 0 Å². The number of rotatable bonds is 5. The molecule has 1 aliphatic rings. The molecule has 1 nitrogen and oxygen atoms in total. The Morgan fingerprint density at radius 3 is 2.21 bits per heavy atom. The first-order valence-electron chi connectivity index (χ1n) is 10.8. The first-order valence-corrected chi connectivity index (χ1v) is 10.8. The third kappa shape index (κ3) is 5.02. The quantitative estimate of drug-likeness (QED) is 0.349. The average molecular weight is 464 g/mol. The molecule has 7 heteroatoms. The summed E-state index contributed by atoms with van der Waals surface area (Å²) < 4.78 is 85.6. The van der Waals surface area contributed by atoms with Crippen LogP contribution in [0.15, 0.2) is 48.5 Å². The highest BCUT2D eigenvalue weighted by Crippen LogP contribution is 2.39. The highest BCUT2D eigenvalue weighted by atomic mass is 19.4. The number of hydrogen-bond acceptors (Lipinski definition) is 1. The predicted octanol–water partition coefficient (Wildman–Crippen LogP) is 7.89. The molecule has 0 aliphatic heterocycles. The first kappa shape index (κ1) is 23.2. The lowest BCUT2D eigenvalue weighted by atomic mass is 9.78. The molecule has 3 aromatic carbocycles. The van der Waals surface area contributed by atoms with E-state index in [1.165, 1.54) is 24.3 Å². The number of hydrogen-bond donors (Lipinski definition) is 0. The highest BCUT2D eigenvalue weighted by Gasteiger charge is 2.31. The monoisotopic (exact) mass is 464 g/mol. The molecule has 3 aromatic rings. The van der Waals surface area contributed by atoms with Crippen LogP contribution in [-0.2, 0) is 19.3 Å². The molecule has 1 aliphatic carbocycles. The normalized spacial score (nSPS) is 15.9. The molecular weight excluding hydrogens is 442 g/mol. The van der Waals surface area contributed by atoms with Crippen molar-refractivity contribution in [1.29, 1.82) is 0 Å². The van der Waals surface area contributed by atoms with Gasteiger partial charge in [0.15, 0.2) is 0 Å². The summed E-state index contributed by atoms with van der Waals surface area (Å²) in [5.74, 6) is -2.37. The van der Waals surface area contributed by atoms with Gasteiger partial charge in [0.2, 0.25) is 0 Å². The molecule has 0 aromatic heterocycles. The summed E-state index contributed by atoms with van der Waals surface area (Å²) in [7, 11) is 0. The van der Waals surface area contributed by atoms with Crippen LogP contribution in [0.25, 0.3) is 11.1 Å². The minimum atomic E-state index is -4.80. The smallest absolute Gasteiger partial charge is 0.406 e. The van der Waals surface area contributed by atoms with Gasteiger partial charge in [-0.25, -0.2) is 13.2 Å². The Bertz CT molecular complexity index is 1130. The molecule has 33 heavy (non-hydrogen) atoms. The van der Waals surface area contributed by atoms with Crippen molar-refractivity contribution >= 4 is 0 Å². The third-order valence-electron chi connectivity index (χ3n) is 6.03. The lowest BCUT2D eigenvalue weighted by Crippen LogP contribution is -2.17. The van der Waals surface area contributed by atoms with Gasteiger partial charge >= 0.3 is 6.36 Å². The molecule has 0 saturated heterocycles. The fourth-order valence-electron chi connectivity index (χ4n) is 4.57. The van der Waals surface area contributed by atoms with Gasteiger partial charge < -0.3 is 4.74 Å². The van der Waals surface area contributed by atoms with Crippen molar-refractivity contribution in [3.63, 3.8) is 0 Å². The fraction of sp³-hybridized carbons (Fsp3) is 0.308. The second-order valence-corrected chi connectivity index (χ2v) is 8.30. The van der Waals surface area contributed by atoms with Crippen LogP contribution in [-0.4, -0.2) is 6.36 Å². The van der Waals surface area contributed by atoms with Gasteiger partial charge in [-0.2, -0.15) is 0 Å². The molecule has 0 fully saturated rings. The summed E-state index contributed by atoms with van der Waals surface area (Å²) in [5, 5.41) is 0. The Hall–Kier alpha value is -2.96. The maximum Gasteiger partial charge on any atom is 0.573 e. The SMILES string of the molecule is CCCc1cc(F)c(C2CCc3c(ccc(-c4ccc(OC(F)(F)F)cc4)c3F)C2)c(F)c1. The van der Waals surface area contributed by atoms with Crippen LogP contribution >= 0.6 is 0 Å². The number of halogens is 6. The van der Waals surface area contributed by atoms with Gasteiger partial charge in [0.05, 0.1) is 0 Å². The predicted molar refractivity (Wildman–Crippen MR) is 114 cm³/mol. The third-order valence-corrected chi connectivity index (χ3v) is 6.03. The van der Waals surface area contributed by atoms with E-state index < -0.39 is 29.7 Å². The van der Waals surface area contributed by atoms with E-state index in [0.29, 0.717) is 47.9 Å². The largest absolute Gasteiger partial charge is 0.573 e. The second kappa shape index (κ2) is 9.12. The molecule has 0 N–H and O–H groups in total. The van der Waals surface area contributed by atoms with Crippen LogP contribution in [0.4, 0.5) is 26.3 Å². The summed E-state index contributed by atoms with van der Waals surface area (Å²) in [4.78, 5) is 0. The highest BCUT2D eigenvalue weighted by molar-refractivity contribution is 5.67. The van der Waals surface area contributed by atoms with Crippen LogP contribution in [0.3, 0.4) is 0 Å². The minimum absolute atomic E-state index is 0.0465. The Balaban J connectivity index is 1.58. The molecule has 0 spiro atoms. The molecule has 0 radical (unpaired) electrons. The van der Waals surface area contributed by atoms with Crippen LogP contribution in [0.2, 0.25) is 0 Å². The van der Waals surface area contributed by atoms with E-state index in [1.54, 1.807) is 12.1 Å². The Morgan fingerprint density at radius 1 is 0.939 bits per heavy atom. The number of benzene rings is 3. The molecular formula is C26H22F6O. The van der Waals surface area contributed by atoms with Crippen LogP contribution in [0.5, 0.6) is 5.75 Å². The summed E-state index contributed by atoms with van der Waals surface area (Å²) in [6.45, 7) is 1.94. The zero-order chi connectivity index (χ0) is 23.8. The Labute approximate surface area is 188 Å². The van der Waals surface area contributed by atoms with Gasteiger partial charge in [-0.3, -0.25) is 0 Å². The van der Waals surface area contributed by atoms with Crippen molar-refractivity contribution < 1.29 is 31.1 Å². The van der Waals surface area contributed by atoms with E-state index in [4.69, 9.17) is 0 Å². The molecule has 4 rings (SSSR count). The minimum Gasteiger partial charge on any atom is -0.406 e. The number of aryl methyl sites for hydroxylation is 1. The van der Waals surface area contributed by atoms with Gasteiger partial charge in [0.25, 0.3) is 0 Å². The summed E-state index contributed by atoms with van der Waals surface area (Å²) in [5.41, 5.74) is 2.49. The summed E-state index contributed by atoms with van der Waals surface area (Å²) >= 11 is 0. The lowest BCUT2D eigenvalue weighted by molar-refractivity contribution is -0.274. The molecule has 0 amide bonds. The Kier molecular flexibility index (Phi) is 6.41. The van der Waals surface area contributed by atoms with Crippen molar-refractivity contribution in [2.45, 2.75) is 51.3 Å². The lowest BCUT2D eigenvalue weighted by Gasteiger charge is -2.27. The van der Waals surface area contributed by atoms with E-state index in [-0.39, 0.29) is 16.9 Å². The van der Waals surface area contributed by atoms with Gasteiger partial charge in [-0.1, -0.05) is 37.6 Å². The van der Waals surface area contributed by atoms with Crippen LogP contribution in [0.1, 0.15) is 47.9 Å². The van der Waals surface area contributed by atoms with Gasteiger partial charge in [0, 0.05) is 11.1 Å². The molecule has 0 heterocycles. The van der Waals surface area contributed by atoms with Gasteiger partial charge in [-0.15, -0.1) is 13.2 Å². The molecule has 174 valence electrons. The van der Waals surface area contributed by atoms with Gasteiger partial charge in [0.1, 0.15) is 23.2 Å². The van der Waals surface area contributed by atoms with Crippen LogP contribution in [0, 0.1) is 17.5 Å². The number of alkyl halides is 3. The Morgan fingerprint density at radius 2 is 1.61 bits per heavy atom. The van der Waals surface area contributed by atoms with Crippen molar-refractivity contribution in [2.24, 2.45) is 0 Å². The van der Waals surface area contributed by atoms with E-state index in [2.05, 4.69) is 4.74 Å². The van der Waals surface area contributed by atoms with E-state index in [1.807, 2.05) is 6.92 Å². The molecule has 1 atom stereocenters. The first-order chi connectivity index (χ1) is 15.7. The van der Waals surface area contributed by atoms with Crippen molar-refractivity contribution in [3.8, 4) is 16.9 Å². The molecule has 1 unspecified atom stereocenters. The zero-order valence-corrected chi connectivity index (χ0v) is 17.9. The maximum absolute atomic E-state index is 15.3. The average Bonchev–Trinajstić information content (AvgIpc) is 2.73. The van der Waals surface area contributed by atoms with E-state index in [0.717, 1.165) is 18.6 Å². The standard InChI is InChI=1S/C26H22F6O/c1-2-3-15-12-22(27)24(23(28)13-15)18-7-11-21-17(14-18)6-10-20(25(21)29)16-4-8-19(9-5-16)33-26(30,31)32/h4-6,8-10,12-13,18H,2-3,7,11,14H2,1H3. The van der Waals surface area contributed by atoms with Crippen molar-refractivity contribution in [3.05, 3.63) is 88.2 Å². The number of fused-ring (bicyclic) bond motifs is 1. The summed E-state index contributed by atoms with van der Waals surface area (Å²) in [6, 6.07) is 11.0. The summed E-state index contributed by atoms with van der Waals surface area (Å²) in [6.07, 6.45) is -2.40. The fourth-order valence-corrected chi connectivity index (χ4v) is 4.57.